The van der Waals surface area contributed by atoms with Gasteiger partial charge in [0.15, 0.2) is 0 Å². The largest absolute Gasteiger partial charge is 0.478 e. The first-order chi connectivity index (χ1) is 16.3. The zero-order valence-corrected chi connectivity index (χ0v) is 19.4. The number of nitrogens with zero attached hydrogens (tertiary/aromatic N) is 4. The second-order valence-electron chi connectivity index (χ2n) is 9.20. The number of anilines is 1. The number of guanidine groups is 2. The van der Waals surface area contributed by atoms with Gasteiger partial charge in [0.25, 0.3) is 0 Å². The number of nitrogens with two attached hydrogens (primary N) is 2. The lowest BCUT2D eigenvalue weighted by Gasteiger charge is -2.45. The van der Waals surface area contributed by atoms with Gasteiger partial charge in [-0.15, -0.1) is 0 Å². The summed E-state index contributed by atoms with van der Waals surface area (Å²) in [5.41, 5.74) is 17.0. The number of hydrogen-bond donors (Lipinski definition) is 3. The SMILES string of the molecule is Cc1cc(C)c2nc(-c3ccc(N4C(N)=NC(N)=NC45CCCCC5)cc3)cc(C(=O)O)c2c1. The van der Waals surface area contributed by atoms with Crippen LogP contribution in [-0.2, 0) is 0 Å². The molecular weight excluding hydrogens is 428 g/mol. The highest BCUT2D eigenvalue weighted by Crippen LogP contribution is 2.40. The van der Waals surface area contributed by atoms with Gasteiger partial charge in [0.05, 0.1) is 16.8 Å². The number of aryl methyl sites for hydroxylation is 2. The van der Waals surface area contributed by atoms with Crippen molar-refractivity contribution in [2.24, 2.45) is 21.5 Å². The normalized spacial score (nSPS) is 17.5. The molecule has 8 heteroatoms. The third kappa shape index (κ3) is 3.65. The zero-order valence-electron chi connectivity index (χ0n) is 19.4. The van der Waals surface area contributed by atoms with Crippen LogP contribution in [0.1, 0.15) is 53.6 Å². The fourth-order valence-electron chi connectivity index (χ4n) is 5.28. The maximum atomic E-state index is 12.0. The van der Waals surface area contributed by atoms with Crippen LogP contribution in [-0.4, -0.2) is 33.6 Å². The molecule has 1 aliphatic heterocycles. The third-order valence-electron chi connectivity index (χ3n) is 6.75. The molecule has 1 aliphatic carbocycles. The molecule has 174 valence electrons. The van der Waals surface area contributed by atoms with E-state index in [0.29, 0.717) is 22.6 Å². The van der Waals surface area contributed by atoms with Crippen molar-refractivity contribution in [3.05, 3.63) is 59.2 Å². The van der Waals surface area contributed by atoms with Gasteiger partial charge in [0, 0.05) is 16.6 Å². The minimum atomic E-state index is -0.970. The molecule has 2 aromatic carbocycles. The topological polar surface area (TPSA) is 130 Å². The molecule has 1 spiro atoms. The minimum Gasteiger partial charge on any atom is -0.478 e. The van der Waals surface area contributed by atoms with Crippen molar-refractivity contribution < 1.29 is 9.90 Å². The van der Waals surface area contributed by atoms with Gasteiger partial charge >= 0.3 is 5.97 Å². The van der Waals surface area contributed by atoms with Gasteiger partial charge in [-0.2, -0.15) is 4.99 Å². The highest BCUT2D eigenvalue weighted by Gasteiger charge is 2.42. The number of pyridine rings is 1. The predicted octanol–water partition coefficient (Wildman–Crippen LogP) is 4.33. The summed E-state index contributed by atoms with van der Waals surface area (Å²) in [6.07, 6.45) is 4.99. The molecule has 0 radical (unpaired) electrons. The van der Waals surface area contributed by atoms with E-state index in [-0.39, 0.29) is 11.5 Å². The Morgan fingerprint density at radius 3 is 2.41 bits per heavy atom. The lowest BCUT2D eigenvalue weighted by molar-refractivity contribution is 0.0699. The van der Waals surface area contributed by atoms with E-state index in [2.05, 4.69) is 4.99 Å². The zero-order chi connectivity index (χ0) is 24.0. The molecule has 5 rings (SSSR count). The van der Waals surface area contributed by atoms with Crippen LogP contribution in [0.5, 0.6) is 0 Å². The second kappa shape index (κ2) is 8.13. The smallest absolute Gasteiger partial charge is 0.336 e. The summed E-state index contributed by atoms with van der Waals surface area (Å²) in [7, 11) is 0. The Labute approximate surface area is 198 Å². The summed E-state index contributed by atoms with van der Waals surface area (Å²) in [5.74, 6) is -0.410. The number of carboxylic acid groups (broad SMARTS) is 1. The average molecular weight is 457 g/mol. The summed E-state index contributed by atoms with van der Waals surface area (Å²) >= 11 is 0. The van der Waals surface area contributed by atoms with Crippen molar-refractivity contribution in [2.45, 2.75) is 51.6 Å². The van der Waals surface area contributed by atoms with Crippen LogP contribution >= 0.6 is 0 Å². The number of carboxylic acids is 1. The molecule has 0 atom stereocenters. The van der Waals surface area contributed by atoms with Crippen molar-refractivity contribution >= 4 is 34.5 Å². The lowest BCUT2D eigenvalue weighted by atomic mass is 9.87. The summed E-state index contributed by atoms with van der Waals surface area (Å²) in [4.78, 5) is 27.8. The van der Waals surface area contributed by atoms with Gasteiger partial charge < -0.3 is 16.6 Å². The van der Waals surface area contributed by atoms with Crippen LogP contribution in [0.4, 0.5) is 5.69 Å². The van der Waals surface area contributed by atoms with E-state index in [4.69, 9.17) is 21.4 Å². The molecule has 0 amide bonds. The van der Waals surface area contributed by atoms with E-state index in [1.807, 2.05) is 55.1 Å². The van der Waals surface area contributed by atoms with E-state index in [1.165, 1.54) is 6.42 Å². The molecular formula is C26H28N6O2. The average Bonchev–Trinajstić information content (AvgIpc) is 2.79. The van der Waals surface area contributed by atoms with Crippen LogP contribution in [0.2, 0.25) is 0 Å². The fourth-order valence-corrected chi connectivity index (χ4v) is 5.28. The summed E-state index contributed by atoms with van der Waals surface area (Å²) < 4.78 is 0. The number of rotatable bonds is 3. The Bertz CT molecular complexity index is 1350. The highest BCUT2D eigenvalue weighted by atomic mass is 16.4. The van der Waals surface area contributed by atoms with Crippen LogP contribution in [0.3, 0.4) is 0 Å². The van der Waals surface area contributed by atoms with Gasteiger partial charge in [-0.25, -0.2) is 14.8 Å². The molecule has 8 nitrogen and oxygen atoms in total. The summed E-state index contributed by atoms with van der Waals surface area (Å²) in [5, 5.41) is 10.5. The lowest BCUT2D eigenvalue weighted by Crippen LogP contribution is -2.58. The predicted molar refractivity (Wildman–Crippen MR) is 135 cm³/mol. The van der Waals surface area contributed by atoms with E-state index in [0.717, 1.165) is 48.1 Å². The maximum Gasteiger partial charge on any atom is 0.336 e. The highest BCUT2D eigenvalue weighted by molar-refractivity contribution is 6.06. The number of hydrogen-bond acceptors (Lipinski definition) is 7. The quantitative estimate of drug-likeness (QED) is 0.538. The maximum absolute atomic E-state index is 12.0. The molecule has 0 saturated heterocycles. The van der Waals surface area contributed by atoms with Crippen LogP contribution in [0.25, 0.3) is 22.2 Å². The van der Waals surface area contributed by atoms with Crippen LogP contribution in [0.15, 0.2) is 52.4 Å². The standard InChI is InChI=1S/C26H28N6O2/c1-15-12-16(2)22-19(13-15)20(23(33)34)14-21(29-22)17-6-8-18(9-7-17)32-25(28)30-24(27)31-26(32)10-4-3-5-11-26/h6-9,12-14H,3-5,10-11H2,1-2H3,(H,33,34)(H4,27,28,30,31). The number of benzene rings is 2. The molecule has 0 unspecified atom stereocenters. The Morgan fingerprint density at radius 2 is 1.74 bits per heavy atom. The number of aliphatic imine (C=N–C) groups is 2. The first-order valence-electron chi connectivity index (χ1n) is 11.5. The Balaban J connectivity index is 1.57. The number of aromatic carboxylic acids is 1. The van der Waals surface area contributed by atoms with Crippen LogP contribution in [0, 0.1) is 13.8 Å². The van der Waals surface area contributed by atoms with E-state index < -0.39 is 11.6 Å². The van der Waals surface area contributed by atoms with Crippen LogP contribution < -0.4 is 16.4 Å². The molecule has 1 saturated carbocycles. The summed E-state index contributed by atoms with van der Waals surface area (Å²) in [6.45, 7) is 3.91. The number of fused-ring (bicyclic) bond motifs is 1. The van der Waals surface area contributed by atoms with E-state index >= 15 is 0 Å². The van der Waals surface area contributed by atoms with Gasteiger partial charge in [-0.05, 0) is 69.4 Å². The molecule has 2 aliphatic rings. The van der Waals surface area contributed by atoms with E-state index in [9.17, 15) is 9.90 Å². The Kier molecular flexibility index (Phi) is 5.23. The summed E-state index contributed by atoms with van der Waals surface area (Å²) in [6, 6.07) is 13.3. The van der Waals surface area contributed by atoms with Gasteiger partial charge in [-0.1, -0.05) is 30.2 Å². The van der Waals surface area contributed by atoms with Crippen molar-refractivity contribution in [3.63, 3.8) is 0 Å². The van der Waals surface area contributed by atoms with Crippen molar-refractivity contribution in [2.75, 3.05) is 4.90 Å². The van der Waals surface area contributed by atoms with E-state index in [1.54, 1.807) is 6.07 Å². The molecule has 1 aromatic heterocycles. The fraction of sp³-hybridized carbons (Fsp3) is 0.308. The third-order valence-corrected chi connectivity index (χ3v) is 6.75. The van der Waals surface area contributed by atoms with Crippen molar-refractivity contribution in [3.8, 4) is 11.3 Å². The number of aromatic nitrogens is 1. The Morgan fingerprint density at radius 1 is 1.03 bits per heavy atom. The monoisotopic (exact) mass is 456 g/mol. The molecule has 3 aromatic rings. The van der Waals surface area contributed by atoms with Gasteiger partial charge in [0.1, 0.15) is 5.66 Å². The Hall–Kier alpha value is -3.94. The first-order valence-corrected chi connectivity index (χ1v) is 11.5. The van der Waals surface area contributed by atoms with Crippen molar-refractivity contribution in [1.29, 1.82) is 0 Å². The van der Waals surface area contributed by atoms with Gasteiger partial charge in [-0.3, -0.25) is 4.90 Å². The molecule has 1 fully saturated rings. The molecule has 0 bridgehead atoms. The molecule has 5 N–H and O–H groups in total. The van der Waals surface area contributed by atoms with Crippen molar-refractivity contribution in [1.82, 2.24) is 4.98 Å². The second-order valence-corrected chi connectivity index (χ2v) is 9.20. The number of carbonyl (C=O) groups is 1. The minimum absolute atomic E-state index is 0.222. The van der Waals surface area contributed by atoms with Gasteiger partial charge in [0.2, 0.25) is 11.9 Å². The first kappa shape index (κ1) is 21.9. The molecule has 2 heterocycles. The molecule has 34 heavy (non-hydrogen) atoms.